The van der Waals surface area contributed by atoms with Gasteiger partial charge >= 0.3 is 5.97 Å². The summed E-state index contributed by atoms with van der Waals surface area (Å²) in [5.41, 5.74) is 1.17. The maximum absolute atomic E-state index is 10.5. The molecule has 1 rings (SSSR count). The zero-order valence-corrected chi connectivity index (χ0v) is 12.7. The fourth-order valence-electron chi connectivity index (χ4n) is 2.05. The van der Waals surface area contributed by atoms with E-state index in [9.17, 15) is 4.79 Å². The smallest absolute Gasteiger partial charge is 0.303 e. The van der Waals surface area contributed by atoms with Crippen molar-refractivity contribution in [1.29, 1.82) is 0 Å². The Morgan fingerprint density at radius 3 is 2.30 bits per heavy atom. The molecule has 0 aliphatic carbocycles. The molecule has 2 unspecified atom stereocenters. The van der Waals surface area contributed by atoms with Gasteiger partial charge in [0, 0.05) is 18.5 Å². The summed E-state index contributed by atoms with van der Waals surface area (Å²) < 4.78 is 5.61. The van der Waals surface area contributed by atoms with Crippen LogP contribution in [0.4, 0.5) is 0 Å². The highest BCUT2D eigenvalue weighted by Gasteiger charge is 2.11. The Hall–Kier alpha value is -1.55. The molecule has 4 heteroatoms. The Balaban J connectivity index is 2.50. The average Bonchev–Trinajstić information content (AvgIpc) is 2.36. The van der Waals surface area contributed by atoms with Crippen molar-refractivity contribution < 1.29 is 14.6 Å². The van der Waals surface area contributed by atoms with Crippen LogP contribution in [0.3, 0.4) is 0 Å². The van der Waals surface area contributed by atoms with Crippen molar-refractivity contribution in [2.24, 2.45) is 0 Å². The quantitative estimate of drug-likeness (QED) is 0.766. The van der Waals surface area contributed by atoms with Crippen molar-refractivity contribution >= 4 is 5.97 Å². The number of hydrogen-bond acceptors (Lipinski definition) is 3. The van der Waals surface area contributed by atoms with E-state index in [1.165, 1.54) is 5.56 Å². The van der Waals surface area contributed by atoms with Crippen molar-refractivity contribution in [2.75, 3.05) is 0 Å². The van der Waals surface area contributed by atoms with E-state index in [0.717, 1.165) is 5.75 Å². The second-order valence-electron chi connectivity index (χ2n) is 5.46. The van der Waals surface area contributed by atoms with Gasteiger partial charge in [0.05, 0.1) is 6.10 Å². The molecule has 4 nitrogen and oxygen atoms in total. The van der Waals surface area contributed by atoms with Crippen molar-refractivity contribution in [3.05, 3.63) is 29.8 Å². The molecule has 0 bridgehead atoms. The second kappa shape index (κ2) is 7.90. The Morgan fingerprint density at radius 2 is 1.80 bits per heavy atom. The Bertz CT molecular complexity index is 414. The third kappa shape index (κ3) is 6.06. The molecule has 0 saturated heterocycles. The van der Waals surface area contributed by atoms with E-state index >= 15 is 0 Å². The summed E-state index contributed by atoms with van der Waals surface area (Å²) in [7, 11) is 0. The summed E-state index contributed by atoms with van der Waals surface area (Å²) in [5, 5.41) is 12.1. The first-order chi connectivity index (χ1) is 9.38. The summed E-state index contributed by atoms with van der Waals surface area (Å²) in [4.78, 5) is 10.5. The van der Waals surface area contributed by atoms with E-state index in [4.69, 9.17) is 9.84 Å². The molecule has 2 atom stereocenters. The highest BCUT2D eigenvalue weighted by molar-refractivity contribution is 5.66. The summed E-state index contributed by atoms with van der Waals surface area (Å²) >= 11 is 0. The third-order valence-corrected chi connectivity index (χ3v) is 3.08. The van der Waals surface area contributed by atoms with Crippen LogP contribution in [-0.2, 0) is 4.79 Å². The van der Waals surface area contributed by atoms with Gasteiger partial charge in [0.2, 0.25) is 0 Å². The topological polar surface area (TPSA) is 58.6 Å². The van der Waals surface area contributed by atoms with E-state index in [-0.39, 0.29) is 24.6 Å². The maximum atomic E-state index is 10.5. The van der Waals surface area contributed by atoms with Crippen LogP contribution in [0.25, 0.3) is 0 Å². The molecule has 2 N–H and O–H groups in total. The first-order valence-corrected chi connectivity index (χ1v) is 7.13. The van der Waals surface area contributed by atoms with Crippen molar-refractivity contribution in [3.63, 3.8) is 0 Å². The zero-order valence-electron chi connectivity index (χ0n) is 12.7. The predicted molar refractivity (Wildman–Crippen MR) is 80.1 cm³/mol. The maximum Gasteiger partial charge on any atom is 0.303 e. The molecule has 0 aromatic heterocycles. The first kappa shape index (κ1) is 16.5. The molecule has 0 radical (unpaired) electrons. The van der Waals surface area contributed by atoms with E-state index < -0.39 is 5.97 Å². The SMILES string of the molecule is CC(CCC(=O)O)NC(C)c1ccc(OC(C)C)cc1. The molecule has 0 aliphatic heterocycles. The molecule has 0 heterocycles. The molecule has 0 saturated carbocycles. The van der Waals surface area contributed by atoms with Gasteiger partial charge in [0.1, 0.15) is 5.75 Å². The Kier molecular flexibility index (Phi) is 6.52. The number of benzene rings is 1. The molecule has 0 amide bonds. The molecule has 20 heavy (non-hydrogen) atoms. The van der Waals surface area contributed by atoms with Crippen LogP contribution in [0.2, 0.25) is 0 Å². The predicted octanol–water partition coefficient (Wildman–Crippen LogP) is 3.38. The van der Waals surface area contributed by atoms with Crippen LogP contribution >= 0.6 is 0 Å². The minimum absolute atomic E-state index is 0.174. The number of aliphatic carboxylic acids is 1. The molecule has 1 aromatic rings. The van der Waals surface area contributed by atoms with Crippen LogP contribution in [0, 0.1) is 0 Å². The molecule has 0 spiro atoms. The minimum atomic E-state index is -0.749. The molecule has 112 valence electrons. The number of carbonyl (C=O) groups is 1. The number of hydrogen-bond donors (Lipinski definition) is 2. The third-order valence-electron chi connectivity index (χ3n) is 3.08. The van der Waals surface area contributed by atoms with Crippen LogP contribution in [0.1, 0.15) is 52.1 Å². The van der Waals surface area contributed by atoms with Gasteiger partial charge in [-0.3, -0.25) is 4.79 Å². The molecule has 1 aromatic carbocycles. The minimum Gasteiger partial charge on any atom is -0.491 e. The number of carboxylic acids is 1. The van der Waals surface area contributed by atoms with Gasteiger partial charge in [0.25, 0.3) is 0 Å². The summed E-state index contributed by atoms with van der Waals surface area (Å²) in [6.45, 7) is 8.09. The molecule has 0 aliphatic rings. The van der Waals surface area contributed by atoms with Crippen molar-refractivity contribution in [3.8, 4) is 5.75 Å². The highest BCUT2D eigenvalue weighted by Crippen LogP contribution is 2.19. The average molecular weight is 279 g/mol. The first-order valence-electron chi connectivity index (χ1n) is 7.13. The number of ether oxygens (including phenoxy) is 1. The van der Waals surface area contributed by atoms with Crippen molar-refractivity contribution in [2.45, 2.75) is 58.7 Å². The largest absolute Gasteiger partial charge is 0.491 e. The fraction of sp³-hybridized carbons (Fsp3) is 0.562. The van der Waals surface area contributed by atoms with Gasteiger partial charge in [-0.15, -0.1) is 0 Å². The van der Waals surface area contributed by atoms with Crippen LogP contribution in [0.15, 0.2) is 24.3 Å². The second-order valence-corrected chi connectivity index (χ2v) is 5.46. The van der Waals surface area contributed by atoms with E-state index in [0.29, 0.717) is 6.42 Å². The zero-order chi connectivity index (χ0) is 15.1. The molecular formula is C16H25NO3. The standard InChI is InChI=1S/C16H25NO3/c1-11(2)20-15-8-6-14(7-9-15)13(4)17-12(3)5-10-16(18)19/h6-9,11-13,17H,5,10H2,1-4H3,(H,18,19). The van der Waals surface area contributed by atoms with Gasteiger partial charge in [-0.1, -0.05) is 12.1 Å². The number of carboxylic acid groups (broad SMARTS) is 1. The van der Waals surface area contributed by atoms with Crippen molar-refractivity contribution in [1.82, 2.24) is 5.32 Å². The Morgan fingerprint density at radius 1 is 1.20 bits per heavy atom. The number of rotatable bonds is 8. The van der Waals surface area contributed by atoms with E-state index in [1.807, 2.05) is 45.0 Å². The van der Waals surface area contributed by atoms with Crippen LogP contribution < -0.4 is 10.1 Å². The summed E-state index contributed by atoms with van der Waals surface area (Å²) in [6, 6.07) is 8.38. The van der Waals surface area contributed by atoms with E-state index in [2.05, 4.69) is 12.2 Å². The monoisotopic (exact) mass is 279 g/mol. The van der Waals surface area contributed by atoms with Gasteiger partial charge in [-0.2, -0.15) is 0 Å². The van der Waals surface area contributed by atoms with E-state index in [1.54, 1.807) is 0 Å². The summed E-state index contributed by atoms with van der Waals surface area (Å²) in [5.74, 6) is 0.122. The lowest BCUT2D eigenvalue weighted by atomic mass is 10.1. The lowest BCUT2D eigenvalue weighted by Crippen LogP contribution is -2.29. The highest BCUT2D eigenvalue weighted by atomic mass is 16.5. The van der Waals surface area contributed by atoms with Gasteiger partial charge in [-0.05, 0) is 51.8 Å². The Labute approximate surface area is 121 Å². The fourth-order valence-corrected chi connectivity index (χ4v) is 2.05. The van der Waals surface area contributed by atoms with Crippen LogP contribution in [0.5, 0.6) is 5.75 Å². The van der Waals surface area contributed by atoms with Gasteiger partial charge in [0.15, 0.2) is 0 Å². The van der Waals surface area contributed by atoms with Gasteiger partial charge < -0.3 is 15.2 Å². The lowest BCUT2D eigenvalue weighted by molar-refractivity contribution is -0.137. The molecule has 0 fully saturated rings. The van der Waals surface area contributed by atoms with Gasteiger partial charge in [-0.25, -0.2) is 0 Å². The summed E-state index contributed by atoms with van der Waals surface area (Å²) in [6.07, 6.45) is 1.00. The normalized spacial score (nSPS) is 14.1. The number of nitrogens with one attached hydrogen (secondary N) is 1. The molecular weight excluding hydrogens is 254 g/mol. The lowest BCUT2D eigenvalue weighted by Gasteiger charge is -2.20. The van der Waals surface area contributed by atoms with Crippen LogP contribution in [-0.4, -0.2) is 23.2 Å².